The molecule has 1 aliphatic rings. The third-order valence-corrected chi connectivity index (χ3v) is 6.51. The number of carboxylic acid groups (broad SMARTS) is 1. The number of carboxylic acids is 1. The van der Waals surface area contributed by atoms with Crippen LogP contribution in [0.1, 0.15) is 52.4 Å². The number of hydrogen-bond acceptors (Lipinski definition) is 7. The molecule has 0 aliphatic heterocycles. The molecule has 10 heteroatoms. The summed E-state index contributed by atoms with van der Waals surface area (Å²) in [6.45, 7) is 3.21. The van der Waals surface area contributed by atoms with Crippen molar-refractivity contribution in [1.82, 2.24) is 15.8 Å². The predicted octanol–water partition coefficient (Wildman–Crippen LogP) is 3.88. The molecule has 3 N–H and O–H groups in total. The predicted molar refractivity (Wildman–Crippen MR) is 124 cm³/mol. The Morgan fingerprint density at radius 1 is 1.06 bits per heavy atom. The average Bonchev–Trinajstić information content (AvgIpc) is 3.45. The first-order valence-electron chi connectivity index (χ1n) is 10.6. The van der Waals surface area contributed by atoms with Crippen LogP contribution < -0.4 is 10.8 Å². The third kappa shape index (κ3) is 4.92. The number of hydroxylamine groups is 1. The summed E-state index contributed by atoms with van der Waals surface area (Å²) in [5.74, 6) is -1.93. The molecule has 2 amide bonds. The van der Waals surface area contributed by atoms with E-state index in [0.717, 1.165) is 22.3 Å². The minimum atomic E-state index is -1.21. The molecule has 1 aliphatic carbocycles. The summed E-state index contributed by atoms with van der Waals surface area (Å²) < 4.78 is 5.55. The molecule has 0 bridgehead atoms. The summed E-state index contributed by atoms with van der Waals surface area (Å²) >= 11 is 1.18. The van der Waals surface area contributed by atoms with Gasteiger partial charge in [0.1, 0.15) is 17.3 Å². The summed E-state index contributed by atoms with van der Waals surface area (Å²) in [7, 11) is 0. The van der Waals surface area contributed by atoms with Gasteiger partial charge in [-0.05, 0) is 36.1 Å². The normalized spacial score (nSPS) is 13.9. The molecule has 0 spiro atoms. The Kier molecular flexibility index (Phi) is 6.90. The van der Waals surface area contributed by atoms with E-state index in [4.69, 9.17) is 14.7 Å². The van der Waals surface area contributed by atoms with Crippen LogP contribution in [-0.2, 0) is 14.4 Å². The monoisotopic (exact) mass is 481 g/mol. The van der Waals surface area contributed by atoms with Crippen LogP contribution in [0.3, 0.4) is 0 Å². The fourth-order valence-electron chi connectivity index (χ4n) is 3.71. The molecule has 3 aromatic rings. The summed E-state index contributed by atoms with van der Waals surface area (Å²) in [4.78, 5) is 44.3. The largest absolute Gasteiger partial charge is 0.479 e. The zero-order chi connectivity index (χ0) is 24.2. The average molecular weight is 482 g/mol. The van der Waals surface area contributed by atoms with Gasteiger partial charge in [0.05, 0.1) is 6.04 Å². The van der Waals surface area contributed by atoms with Gasteiger partial charge in [-0.15, -0.1) is 11.3 Å². The molecule has 2 unspecified atom stereocenters. The van der Waals surface area contributed by atoms with Crippen LogP contribution >= 0.6 is 11.3 Å². The lowest BCUT2D eigenvalue weighted by Crippen LogP contribution is -2.32. The number of fused-ring (bicyclic) bond motifs is 3. The Morgan fingerprint density at radius 3 is 2.29 bits per heavy atom. The van der Waals surface area contributed by atoms with Crippen molar-refractivity contribution in [3.63, 3.8) is 0 Å². The number of nitrogens with one attached hydrogen (secondary N) is 2. The first-order valence-corrected chi connectivity index (χ1v) is 11.5. The van der Waals surface area contributed by atoms with Gasteiger partial charge in [0.2, 0.25) is 0 Å². The SMILES string of the molecule is CC(ONC(=O)c1csc(C(C)NC(=O)OCC2c3ccccc3-c3ccccc32)n1)C(=O)O. The second-order valence-electron chi connectivity index (χ2n) is 7.79. The number of carbonyl (C=O) groups excluding carboxylic acids is 2. The lowest BCUT2D eigenvalue weighted by atomic mass is 9.98. The summed E-state index contributed by atoms with van der Waals surface area (Å²) in [5.41, 5.74) is 6.65. The molecule has 4 rings (SSSR count). The molecule has 0 saturated heterocycles. The van der Waals surface area contributed by atoms with Crippen molar-refractivity contribution < 1.29 is 29.1 Å². The number of ether oxygens (including phenoxy) is 1. The summed E-state index contributed by atoms with van der Waals surface area (Å²) in [6.07, 6.45) is -1.79. The molecule has 2 atom stereocenters. The number of alkyl carbamates (subject to hydrolysis) is 1. The molecule has 1 heterocycles. The molecular weight excluding hydrogens is 458 g/mol. The van der Waals surface area contributed by atoms with Gasteiger partial charge in [0.15, 0.2) is 6.10 Å². The topological polar surface area (TPSA) is 127 Å². The summed E-state index contributed by atoms with van der Waals surface area (Å²) in [6, 6.07) is 15.7. The van der Waals surface area contributed by atoms with E-state index in [-0.39, 0.29) is 18.2 Å². The number of amides is 2. The quantitative estimate of drug-likeness (QED) is 0.417. The first kappa shape index (κ1) is 23.4. The molecular formula is C24H23N3O6S. The fourth-order valence-corrected chi connectivity index (χ4v) is 4.52. The number of aromatic nitrogens is 1. The number of hydrogen-bond donors (Lipinski definition) is 3. The maximum Gasteiger partial charge on any atom is 0.407 e. The second-order valence-corrected chi connectivity index (χ2v) is 8.68. The number of thiazole rings is 1. The van der Waals surface area contributed by atoms with Crippen molar-refractivity contribution in [1.29, 1.82) is 0 Å². The van der Waals surface area contributed by atoms with Gasteiger partial charge < -0.3 is 15.2 Å². The Bertz CT molecular complexity index is 1180. The Balaban J connectivity index is 1.33. The lowest BCUT2D eigenvalue weighted by molar-refractivity contribution is -0.152. The van der Waals surface area contributed by atoms with E-state index in [2.05, 4.69) is 27.9 Å². The van der Waals surface area contributed by atoms with Gasteiger partial charge in [-0.2, -0.15) is 0 Å². The maximum absolute atomic E-state index is 12.5. The van der Waals surface area contributed by atoms with E-state index >= 15 is 0 Å². The first-order chi connectivity index (χ1) is 16.3. The summed E-state index contributed by atoms with van der Waals surface area (Å²) in [5, 5.41) is 13.5. The number of nitrogens with zero attached hydrogens (tertiary/aromatic N) is 1. The Morgan fingerprint density at radius 2 is 1.68 bits per heavy atom. The van der Waals surface area contributed by atoms with Crippen molar-refractivity contribution in [3.8, 4) is 11.1 Å². The van der Waals surface area contributed by atoms with Crippen molar-refractivity contribution >= 4 is 29.3 Å². The Labute approximate surface area is 199 Å². The van der Waals surface area contributed by atoms with Gasteiger partial charge in [-0.3, -0.25) is 9.63 Å². The minimum absolute atomic E-state index is 0.0446. The van der Waals surface area contributed by atoms with Crippen LogP contribution in [0.4, 0.5) is 4.79 Å². The number of benzene rings is 2. The van der Waals surface area contributed by atoms with E-state index in [1.54, 1.807) is 6.92 Å². The smallest absolute Gasteiger partial charge is 0.407 e. The highest BCUT2D eigenvalue weighted by atomic mass is 32.1. The van der Waals surface area contributed by atoms with E-state index in [1.807, 2.05) is 36.4 Å². The maximum atomic E-state index is 12.5. The zero-order valence-corrected chi connectivity index (χ0v) is 19.3. The molecule has 176 valence electrons. The van der Waals surface area contributed by atoms with Gasteiger partial charge in [0.25, 0.3) is 5.91 Å². The molecule has 0 fully saturated rings. The van der Waals surface area contributed by atoms with E-state index in [0.29, 0.717) is 5.01 Å². The fraction of sp³-hybridized carbons (Fsp3) is 0.250. The highest BCUT2D eigenvalue weighted by Crippen LogP contribution is 2.44. The molecule has 0 saturated carbocycles. The van der Waals surface area contributed by atoms with Crippen molar-refractivity contribution in [3.05, 3.63) is 75.7 Å². The number of aliphatic carboxylic acids is 1. The van der Waals surface area contributed by atoms with Gasteiger partial charge in [-0.1, -0.05) is 48.5 Å². The highest BCUT2D eigenvalue weighted by molar-refractivity contribution is 7.09. The van der Waals surface area contributed by atoms with Crippen LogP contribution in [0.2, 0.25) is 0 Å². The standard InChI is InChI=1S/C24H23N3O6S/c1-13(22-26-20(12-34-22)21(28)27-33-14(2)23(29)30)25-24(31)32-11-19-17-9-5-3-7-15(17)16-8-4-6-10-18(16)19/h3-10,12-14,19H,11H2,1-2H3,(H,25,31)(H,27,28)(H,29,30). The molecule has 34 heavy (non-hydrogen) atoms. The van der Waals surface area contributed by atoms with Crippen LogP contribution in [0.25, 0.3) is 11.1 Å². The van der Waals surface area contributed by atoms with Crippen molar-refractivity contribution in [2.24, 2.45) is 0 Å². The molecule has 1 aromatic heterocycles. The van der Waals surface area contributed by atoms with Crippen LogP contribution in [-0.4, -0.2) is 40.8 Å². The third-order valence-electron chi connectivity index (χ3n) is 5.48. The molecule has 0 radical (unpaired) electrons. The zero-order valence-electron chi connectivity index (χ0n) is 18.5. The lowest BCUT2D eigenvalue weighted by Gasteiger charge is -2.16. The second kappa shape index (κ2) is 10.0. The Hall–Kier alpha value is -3.76. The van der Waals surface area contributed by atoms with Crippen LogP contribution in [0.15, 0.2) is 53.9 Å². The minimum Gasteiger partial charge on any atom is -0.479 e. The van der Waals surface area contributed by atoms with Crippen molar-refractivity contribution in [2.45, 2.75) is 31.9 Å². The van der Waals surface area contributed by atoms with Crippen molar-refractivity contribution in [2.75, 3.05) is 6.61 Å². The van der Waals surface area contributed by atoms with Crippen LogP contribution in [0.5, 0.6) is 0 Å². The van der Waals surface area contributed by atoms with Crippen LogP contribution in [0, 0.1) is 0 Å². The van der Waals surface area contributed by atoms with Gasteiger partial charge >= 0.3 is 12.1 Å². The van der Waals surface area contributed by atoms with E-state index in [1.165, 1.54) is 23.6 Å². The number of rotatable bonds is 8. The van der Waals surface area contributed by atoms with E-state index in [9.17, 15) is 14.4 Å². The van der Waals surface area contributed by atoms with Gasteiger partial charge in [-0.25, -0.2) is 20.1 Å². The number of carbonyl (C=O) groups is 3. The molecule has 2 aromatic carbocycles. The van der Waals surface area contributed by atoms with Gasteiger partial charge in [0, 0.05) is 11.3 Å². The highest BCUT2D eigenvalue weighted by Gasteiger charge is 2.29. The van der Waals surface area contributed by atoms with E-state index < -0.39 is 30.1 Å². The molecule has 9 nitrogen and oxygen atoms in total.